The van der Waals surface area contributed by atoms with Gasteiger partial charge in [-0.3, -0.25) is 4.79 Å². The molecule has 0 aliphatic rings. The largest absolute Gasteiger partial charge is 0.394 e. The van der Waals surface area contributed by atoms with Gasteiger partial charge in [-0.1, -0.05) is 314 Å². The maximum Gasteiger partial charge on any atom is 0.220 e. The SMILES string of the molecule is CCCCCCCCCCCCCCC/C=C\C/C=C\CCCCCCCCCCCCCCCCCCCC(=O)NC(CO)C(O)/C=C/CCCCCCCCCCCCCCCCC. The number of carbonyl (C=O) groups excluding carboxylic acids is 1. The van der Waals surface area contributed by atoms with Crippen molar-refractivity contribution in [1.29, 1.82) is 0 Å². The highest BCUT2D eigenvalue weighted by molar-refractivity contribution is 5.76. The van der Waals surface area contributed by atoms with Crippen molar-refractivity contribution in [2.75, 3.05) is 6.61 Å². The zero-order chi connectivity index (χ0) is 47.7. The van der Waals surface area contributed by atoms with Crippen LogP contribution in [0.5, 0.6) is 0 Å². The molecule has 66 heavy (non-hydrogen) atoms. The summed E-state index contributed by atoms with van der Waals surface area (Å²) < 4.78 is 0. The normalized spacial score (nSPS) is 13.0. The molecule has 390 valence electrons. The summed E-state index contributed by atoms with van der Waals surface area (Å²) in [7, 11) is 0. The fourth-order valence-electron chi connectivity index (χ4n) is 9.51. The standard InChI is InChI=1S/C62H119NO3/c1-3-5-7-9-11-13-15-17-19-21-22-23-24-25-26-27-28-29-30-31-32-33-34-35-36-37-38-39-40-42-44-46-48-50-52-54-56-58-62(66)63-60(59-64)61(65)57-55-53-51-49-47-45-43-41-20-18-16-14-12-10-8-6-4-2/h26-27,29-30,55,57,60-61,64-65H,3-25,28,31-54,56,58-59H2,1-2H3,(H,63,66)/b27-26-,30-29-,57-55+. The molecule has 0 aromatic rings. The van der Waals surface area contributed by atoms with E-state index in [0.717, 1.165) is 32.1 Å². The van der Waals surface area contributed by atoms with Crippen LogP contribution in [-0.4, -0.2) is 34.9 Å². The van der Waals surface area contributed by atoms with E-state index in [1.165, 1.54) is 283 Å². The van der Waals surface area contributed by atoms with Crippen molar-refractivity contribution in [2.45, 2.75) is 347 Å². The first-order chi connectivity index (χ1) is 32.7. The Morgan fingerprint density at radius 2 is 0.621 bits per heavy atom. The number of aliphatic hydroxyl groups excluding tert-OH is 2. The first-order valence-electron chi connectivity index (χ1n) is 30.2. The molecule has 0 heterocycles. The maximum absolute atomic E-state index is 12.5. The predicted molar refractivity (Wildman–Crippen MR) is 295 cm³/mol. The molecule has 0 saturated carbocycles. The van der Waals surface area contributed by atoms with E-state index in [1.807, 2.05) is 6.08 Å². The van der Waals surface area contributed by atoms with Crippen LogP contribution in [0.2, 0.25) is 0 Å². The molecule has 3 N–H and O–H groups in total. The van der Waals surface area contributed by atoms with E-state index in [0.29, 0.717) is 6.42 Å². The van der Waals surface area contributed by atoms with Crippen LogP contribution in [0.4, 0.5) is 0 Å². The molecule has 4 heteroatoms. The third-order valence-corrected chi connectivity index (χ3v) is 14.1. The summed E-state index contributed by atoms with van der Waals surface area (Å²) in [6, 6.07) is -0.621. The van der Waals surface area contributed by atoms with Crippen molar-refractivity contribution >= 4 is 5.91 Å². The molecular formula is C62H119NO3. The summed E-state index contributed by atoms with van der Waals surface area (Å²) in [5.74, 6) is -0.0592. The molecule has 0 bridgehead atoms. The number of allylic oxidation sites excluding steroid dienone is 5. The van der Waals surface area contributed by atoms with E-state index in [4.69, 9.17) is 0 Å². The number of hydrogen-bond donors (Lipinski definition) is 3. The van der Waals surface area contributed by atoms with Gasteiger partial charge >= 0.3 is 0 Å². The molecular weight excluding hydrogens is 807 g/mol. The van der Waals surface area contributed by atoms with Crippen LogP contribution in [0.1, 0.15) is 335 Å². The monoisotopic (exact) mass is 926 g/mol. The summed E-state index contributed by atoms with van der Waals surface area (Å²) >= 11 is 0. The minimum absolute atomic E-state index is 0.0592. The van der Waals surface area contributed by atoms with Gasteiger partial charge in [0.25, 0.3) is 0 Å². The second-order valence-corrected chi connectivity index (χ2v) is 20.8. The number of amides is 1. The molecule has 1 amide bonds. The van der Waals surface area contributed by atoms with Gasteiger partial charge in [0.15, 0.2) is 0 Å². The summed E-state index contributed by atoms with van der Waals surface area (Å²) in [6.45, 7) is 4.34. The lowest BCUT2D eigenvalue weighted by Gasteiger charge is -2.20. The van der Waals surface area contributed by atoms with Crippen molar-refractivity contribution in [2.24, 2.45) is 0 Å². The number of nitrogens with one attached hydrogen (secondary N) is 1. The van der Waals surface area contributed by atoms with E-state index in [1.54, 1.807) is 6.08 Å². The molecule has 0 aromatic heterocycles. The third kappa shape index (κ3) is 53.6. The van der Waals surface area contributed by atoms with Gasteiger partial charge in [-0.05, 0) is 51.4 Å². The molecule has 0 aliphatic carbocycles. The van der Waals surface area contributed by atoms with Crippen molar-refractivity contribution < 1.29 is 15.0 Å². The summed E-state index contributed by atoms with van der Waals surface area (Å²) in [5.41, 5.74) is 0. The van der Waals surface area contributed by atoms with E-state index >= 15 is 0 Å². The highest BCUT2D eigenvalue weighted by Crippen LogP contribution is 2.17. The maximum atomic E-state index is 12.5. The molecule has 0 spiro atoms. The number of hydrogen-bond acceptors (Lipinski definition) is 3. The number of carbonyl (C=O) groups is 1. The van der Waals surface area contributed by atoms with Crippen molar-refractivity contribution in [3.8, 4) is 0 Å². The van der Waals surface area contributed by atoms with Gasteiger partial charge in [-0.2, -0.15) is 0 Å². The van der Waals surface area contributed by atoms with Crippen LogP contribution in [-0.2, 0) is 4.79 Å². The molecule has 0 saturated heterocycles. The third-order valence-electron chi connectivity index (χ3n) is 14.1. The van der Waals surface area contributed by atoms with Crippen molar-refractivity contribution in [1.82, 2.24) is 5.32 Å². The summed E-state index contributed by atoms with van der Waals surface area (Å²) in [6.07, 6.45) is 79.0. The van der Waals surface area contributed by atoms with Gasteiger partial charge in [0.2, 0.25) is 5.91 Å². The Bertz CT molecular complexity index is 1010. The Hall–Kier alpha value is -1.39. The van der Waals surface area contributed by atoms with Crippen LogP contribution in [0.25, 0.3) is 0 Å². The van der Waals surface area contributed by atoms with Gasteiger partial charge in [0.05, 0.1) is 18.8 Å². The number of rotatable bonds is 56. The number of unbranched alkanes of at least 4 members (excludes halogenated alkanes) is 45. The Morgan fingerprint density at radius 3 is 0.909 bits per heavy atom. The average Bonchev–Trinajstić information content (AvgIpc) is 3.32. The predicted octanol–water partition coefficient (Wildman–Crippen LogP) is 20.0. The highest BCUT2D eigenvalue weighted by atomic mass is 16.3. The quantitative estimate of drug-likeness (QED) is 0.0420. The second-order valence-electron chi connectivity index (χ2n) is 20.8. The van der Waals surface area contributed by atoms with E-state index in [-0.39, 0.29) is 12.5 Å². The van der Waals surface area contributed by atoms with Crippen molar-refractivity contribution in [3.63, 3.8) is 0 Å². The fraction of sp³-hybridized carbons (Fsp3) is 0.887. The minimum atomic E-state index is -0.838. The topological polar surface area (TPSA) is 69.6 Å². The Labute approximate surface area is 414 Å². The Balaban J connectivity index is 3.43. The second kappa shape index (κ2) is 57.9. The molecule has 0 radical (unpaired) electrons. The molecule has 0 rings (SSSR count). The average molecular weight is 927 g/mol. The van der Waals surface area contributed by atoms with Gasteiger partial charge < -0.3 is 15.5 Å². The molecule has 2 atom stereocenters. The minimum Gasteiger partial charge on any atom is -0.394 e. The highest BCUT2D eigenvalue weighted by Gasteiger charge is 2.18. The van der Waals surface area contributed by atoms with Crippen LogP contribution < -0.4 is 5.32 Å². The number of aliphatic hydroxyl groups is 2. The lowest BCUT2D eigenvalue weighted by molar-refractivity contribution is -0.123. The Morgan fingerprint density at radius 1 is 0.364 bits per heavy atom. The molecule has 4 nitrogen and oxygen atoms in total. The fourth-order valence-corrected chi connectivity index (χ4v) is 9.51. The van der Waals surface area contributed by atoms with Gasteiger partial charge in [0.1, 0.15) is 0 Å². The zero-order valence-electron chi connectivity index (χ0n) is 45.0. The molecule has 0 aromatic carbocycles. The van der Waals surface area contributed by atoms with E-state index in [2.05, 4.69) is 43.5 Å². The van der Waals surface area contributed by atoms with Crippen LogP contribution in [0, 0.1) is 0 Å². The smallest absolute Gasteiger partial charge is 0.220 e. The van der Waals surface area contributed by atoms with E-state index < -0.39 is 12.1 Å². The molecule has 2 unspecified atom stereocenters. The van der Waals surface area contributed by atoms with Crippen LogP contribution in [0.15, 0.2) is 36.5 Å². The molecule has 0 fully saturated rings. The van der Waals surface area contributed by atoms with Crippen LogP contribution in [0.3, 0.4) is 0 Å². The lowest BCUT2D eigenvalue weighted by atomic mass is 10.0. The molecule has 0 aliphatic heterocycles. The zero-order valence-corrected chi connectivity index (χ0v) is 45.0. The summed E-state index contributed by atoms with van der Waals surface area (Å²) in [4.78, 5) is 12.5. The van der Waals surface area contributed by atoms with Crippen LogP contribution >= 0.6 is 0 Å². The van der Waals surface area contributed by atoms with E-state index in [9.17, 15) is 15.0 Å². The van der Waals surface area contributed by atoms with Gasteiger partial charge in [0, 0.05) is 6.42 Å². The van der Waals surface area contributed by atoms with Gasteiger partial charge in [-0.15, -0.1) is 0 Å². The first kappa shape index (κ1) is 64.6. The Kier molecular flexibility index (Phi) is 56.7. The first-order valence-corrected chi connectivity index (χ1v) is 30.2. The lowest BCUT2D eigenvalue weighted by Crippen LogP contribution is -2.45. The van der Waals surface area contributed by atoms with Gasteiger partial charge in [-0.25, -0.2) is 0 Å². The van der Waals surface area contributed by atoms with Crippen molar-refractivity contribution in [3.05, 3.63) is 36.5 Å². The summed E-state index contributed by atoms with van der Waals surface area (Å²) in [5, 5.41) is 23.2.